The van der Waals surface area contributed by atoms with Crippen LogP contribution in [0.1, 0.15) is 44.1 Å². The van der Waals surface area contributed by atoms with Crippen LogP contribution < -0.4 is 0 Å². The van der Waals surface area contributed by atoms with E-state index in [4.69, 9.17) is 12.2 Å². The van der Waals surface area contributed by atoms with Crippen LogP contribution in [-0.2, 0) is 6.54 Å². The molecular formula is C16H22N2S. The van der Waals surface area contributed by atoms with Crippen LogP contribution in [0.25, 0.3) is 11.0 Å². The van der Waals surface area contributed by atoms with E-state index in [9.17, 15) is 0 Å². The molecule has 2 nitrogen and oxygen atoms in total. The Morgan fingerprint density at radius 1 is 1.32 bits per heavy atom. The molecule has 0 spiro atoms. The number of hydrogen-bond acceptors (Lipinski definition) is 1. The Morgan fingerprint density at radius 3 is 2.89 bits per heavy atom. The van der Waals surface area contributed by atoms with E-state index < -0.39 is 0 Å². The topological polar surface area (TPSA) is 20.7 Å². The summed E-state index contributed by atoms with van der Waals surface area (Å²) in [6.07, 6.45) is 8.38. The average Bonchev–Trinajstić information content (AvgIpc) is 2.99. The summed E-state index contributed by atoms with van der Waals surface area (Å²) in [6, 6.07) is 6.37. The SMILES string of the molecule is Cc1cccc2[nH]c(=S)n(CCCC3CCCC3)c12. The van der Waals surface area contributed by atoms with Crippen molar-refractivity contribution in [2.24, 2.45) is 5.92 Å². The molecule has 1 aromatic carbocycles. The summed E-state index contributed by atoms with van der Waals surface area (Å²) in [4.78, 5) is 3.32. The zero-order chi connectivity index (χ0) is 13.2. The second-order valence-electron chi connectivity index (χ2n) is 5.85. The summed E-state index contributed by atoms with van der Waals surface area (Å²) < 4.78 is 3.16. The maximum Gasteiger partial charge on any atom is 0.178 e. The van der Waals surface area contributed by atoms with Crippen molar-refractivity contribution in [3.63, 3.8) is 0 Å². The number of aromatic nitrogens is 2. The Labute approximate surface area is 119 Å². The maximum absolute atomic E-state index is 5.47. The number of benzene rings is 1. The van der Waals surface area contributed by atoms with E-state index >= 15 is 0 Å². The first-order valence-electron chi connectivity index (χ1n) is 7.44. The quantitative estimate of drug-likeness (QED) is 0.780. The van der Waals surface area contributed by atoms with Gasteiger partial charge in [-0.1, -0.05) is 37.8 Å². The van der Waals surface area contributed by atoms with Gasteiger partial charge in [-0.3, -0.25) is 0 Å². The van der Waals surface area contributed by atoms with Crippen molar-refractivity contribution in [3.05, 3.63) is 28.5 Å². The van der Waals surface area contributed by atoms with Gasteiger partial charge in [0.1, 0.15) is 0 Å². The van der Waals surface area contributed by atoms with Gasteiger partial charge in [0.15, 0.2) is 4.77 Å². The average molecular weight is 274 g/mol. The molecule has 0 saturated heterocycles. The summed E-state index contributed by atoms with van der Waals surface area (Å²) in [7, 11) is 0. The smallest absolute Gasteiger partial charge is 0.178 e. The van der Waals surface area contributed by atoms with E-state index in [0.717, 1.165) is 17.2 Å². The lowest BCUT2D eigenvalue weighted by Crippen LogP contribution is -2.02. The molecule has 102 valence electrons. The Kier molecular flexibility index (Phi) is 3.74. The highest BCUT2D eigenvalue weighted by Gasteiger charge is 2.14. The Morgan fingerprint density at radius 2 is 2.11 bits per heavy atom. The third kappa shape index (κ3) is 2.62. The fourth-order valence-corrected chi connectivity index (χ4v) is 3.75. The van der Waals surface area contributed by atoms with Crippen molar-refractivity contribution in [3.8, 4) is 0 Å². The number of imidazole rings is 1. The first-order chi connectivity index (χ1) is 9.25. The van der Waals surface area contributed by atoms with Gasteiger partial charge in [-0.2, -0.15) is 0 Å². The molecular weight excluding hydrogens is 252 g/mol. The highest BCUT2D eigenvalue weighted by Crippen LogP contribution is 2.29. The molecule has 1 N–H and O–H groups in total. The van der Waals surface area contributed by atoms with Crippen LogP contribution in [0, 0.1) is 17.6 Å². The monoisotopic (exact) mass is 274 g/mol. The summed E-state index contributed by atoms with van der Waals surface area (Å²) in [5.41, 5.74) is 3.77. The van der Waals surface area contributed by atoms with Crippen LogP contribution in [0.3, 0.4) is 0 Å². The lowest BCUT2D eigenvalue weighted by molar-refractivity contribution is 0.460. The lowest BCUT2D eigenvalue weighted by Gasteiger charge is -2.10. The number of hydrogen-bond donors (Lipinski definition) is 1. The standard InChI is InChI=1S/C16H22N2S/c1-12-6-4-10-14-15(12)18(16(19)17-14)11-5-9-13-7-2-3-8-13/h4,6,10,13H,2-3,5,7-9,11H2,1H3,(H,17,19). The highest BCUT2D eigenvalue weighted by molar-refractivity contribution is 7.71. The third-order valence-electron chi connectivity index (χ3n) is 4.46. The number of rotatable bonds is 4. The molecule has 1 aliphatic rings. The van der Waals surface area contributed by atoms with Gasteiger partial charge in [0.2, 0.25) is 0 Å². The van der Waals surface area contributed by atoms with Crippen molar-refractivity contribution in [2.75, 3.05) is 0 Å². The van der Waals surface area contributed by atoms with Crippen molar-refractivity contribution < 1.29 is 0 Å². The maximum atomic E-state index is 5.47. The second-order valence-corrected chi connectivity index (χ2v) is 6.23. The normalized spacial score (nSPS) is 16.5. The van der Waals surface area contributed by atoms with E-state index in [-0.39, 0.29) is 0 Å². The zero-order valence-corrected chi connectivity index (χ0v) is 12.4. The van der Waals surface area contributed by atoms with Crippen LogP contribution in [0.15, 0.2) is 18.2 Å². The molecule has 19 heavy (non-hydrogen) atoms. The summed E-state index contributed by atoms with van der Waals surface area (Å²) in [5.74, 6) is 0.973. The van der Waals surface area contributed by atoms with Crippen molar-refractivity contribution >= 4 is 23.3 Å². The fraction of sp³-hybridized carbons (Fsp3) is 0.562. The van der Waals surface area contributed by atoms with E-state index in [1.165, 1.54) is 55.1 Å². The number of fused-ring (bicyclic) bond motifs is 1. The van der Waals surface area contributed by atoms with E-state index in [1.54, 1.807) is 0 Å². The zero-order valence-electron chi connectivity index (χ0n) is 11.6. The van der Waals surface area contributed by atoms with E-state index in [2.05, 4.69) is 34.7 Å². The number of nitrogens with zero attached hydrogens (tertiary/aromatic N) is 1. The predicted octanol–water partition coefficient (Wildman–Crippen LogP) is 4.98. The van der Waals surface area contributed by atoms with Crippen LogP contribution in [0.5, 0.6) is 0 Å². The number of aromatic amines is 1. The molecule has 0 radical (unpaired) electrons. The Bertz CT molecular complexity index is 617. The Hall–Kier alpha value is -1.09. The van der Waals surface area contributed by atoms with Gasteiger partial charge >= 0.3 is 0 Å². The van der Waals surface area contributed by atoms with E-state index in [1.807, 2.05) is 0 Å². The van der Waals surface area contributed by atoms with Crippen LogP contribution in [0.4, 0.5) is 0 Å². The molecule has 1 aromatic heterocycles. The largest absolute Gasteiger partial charge is 0.331 e. The van der Waals surface area contributed by atoms with Gasteiger partial charge < -0.3 is 9.55 Å². The van der Waals surface area contributed by atoms with Crippen LogP contribution >= 0.6 is 12.2 Å². The molecule has 2 aromatic rings. The molecule has 1 heterocycles. The first-order valence-corrected chi connectivity index (χ1v) is 7.84. The molecule has 3 heteroatoms. The second kappa shape index (κ2) is 5.49. The van der Waals surface area contributed by atoms with Crippen molar-refractivity contribution in [2.45, 2.75) is 52.0 Å². The fourth-order valence-electron chi connectivity index (χ4n) is 3.45. The number of para-hydroxylation sites is 1. The minimum absolute atomic E-state index is 0.871. The van der Waals surface area contributed by atoms with Gasteiger partial charge in [0.25, 0.3) is 0 Å². The lowest BCUT2D eigenvalue weighted by atomic mass is 10.0. The molecule has 0 aliphatic heterocycles. The molecule has 1 aliphatic carbocycles. The Balaban J connectivity index is 1.76. The van der Waals surface area contributed by atoms with Crippen molar-refractivity contribution in [1.82, 2.24) is 9.55 Å². The molecule has 3 rings (SSSR count). The summed E-state index contributed by atoms with van der Waals surface area (Å²) in [5, 5.41) is 0. The molecule has 0 unspecified atom stereocenters. The van der Waals surface area contributed by atoms with E-state index in [0.29, 0.717) is 0 Å². The molecule has 0 amide bonds. The van der Waals surface area contributed by atoms with Gasteiger partial charge in [-0.05, 0) is 49.5 Å². The highest BCUT2D eigenvalue weighted by atomic mass is 32.1. The molecule has 0 atom stereocenters. The third-order valence-corrected chi connectivity index (χ3v) is 4.79. The van der Waals surface area contributed by atoms with Crippen molar-refractivity contribution in [1.29, 1.82) is 0 Å². The van der Waals surface area contributed by atoms with Gasteiger partial charge in [-0.15, -0.1) is 0 Å². The van der Waals surface area contributed by atoms with Crippen LogP contribution in [-0.4, -0.2) is 9.55 Å². The van der Waals surface area contributed by atoms with Gasteiger partial charge in [-0.25, -0.2) is 0 Å². The van der Waals surface area contributed by atoms with Gasteiger partial charge in [0.05, 0.1) is 11.0 Å². The molecule has 0 bridgehead atoms. The predicted molar refractivity (Wildman–Crippen MR) is 83.1 cm³/mol. The minimum atomic E-state index is 0.871. The summed E-state index contributed by atoms with van der Waals surface area (Å²) in [6.45, 7) is 3.22. The number of nitrogens with one attached hydrogen (secondary N) is 1. The van der Waals surface area contributed by atoms with Gasteiger partial charge in [0, 0.05) is 6.54 Å². The minimum Gasteiger partial charge on any atom is -0.331 e. The molecule has 1 saturated carbocycles. The summed E-state index contributed by atoms with van der Waals surface area (Å²) >= 11 is 5.47. The number of H-pyrrole nitrogens is 1. The van der Waals surface area contributed by atoms with Crippen LogP contribution in [0.2, 0.25) is 0 Å². The molecule has 1 fully saturated rings. The first kappa shape index (κ1) is 12.9. The number of aryl methyl sites for hydroxylation is 2.